The van der Waals surface area contributed by atoms with E-state index in [2.05, 4.69) is 25.7 Å². The average Bonchev–Trinajstić information content (AvgIpc) is 2.45. The topological polar surface area (TPSA) is 12.4 Å². The smallest absolute Gasteiger partial charge is 0.291 e. The van der Waals surface area contributed by atoms with Crippen molar-refractivity contribution in [3.8, 4) is 0 Å². The third-order valence-corrected chi connectivity index (χ3v) is 2.35. The van der Waals surface area contributed by atoms with E-state index in [1.807, 2.05) is 0 Å². The number of hydrogen-bond donors (Lipinski definition) is 0. The van der Waals surface area contributed by atoms with Gasteiger partial charge in [0.1, 0.15) is 0 Å². The Morgan fingerprint density at radius 3 is 2.27 bits per heavy atom. The van der Waals surface area contributed by atoms with Gasteiger partial charge in [0.2, 0.25) is 0 Å². The molecule has 1 aliphatic heterocycles. The Bertz CT molecular complexity index is 204. The molecule has 0 amide bonds. The zero-order valence-electron chi connectivity index (χ0n) is 7.78. The van der Waals surface area contributed by atoms with Gasteiger partial charge in [-0.3, -0.25) is 0 Å². The van der Waals surface area contributed by atoms with Crippen LogP contribution in [-0.4, -0.2) is 13.1 Å². The molecule has 0 saturated heterocycles. The third-order valence-electron chi connectivity index (χ3n) is 2.35. The molecule has 0 saturated carbocycles. The van der Waals surface area contributed by atoms with Gasteiger partial charge in [0.25, 0.3) is 7.41 Å². The Morgan fingerprint density at radius 1 is 1.09 bits per heavy atom. The van der Waals surface area contributed by atoms with Gasteiger partial charge in [0.15, 0.2) is 0 Å². The summed E-state index contributed by atoms with van der Waals surface area (Å²) in [5, 5.41) is 0. The van der Waals surface area contributed by atoms with Gasteiger partial charge in [-0.25, -0.2) is 0 Å². The number of nitrogens with zero attached hydrogens (tertiary/aromatic N) is 1. The second kappa shape index (κ2) is 3.75. The van der Waals surface area contributed by atoms with Crippen molar-refractivity contribution in [2.75, 3.05) is 0 Å². The molecule has 1 nitrogen and oxygen atoms in total. The Morgan fingerprint density at radius 2 is 1.82 bits per heavy atom. The van der Waals surface area contributed by atoms with Crippen LogP contribution < -0.4 is 0 Å². The molecule has 0 aliphatic carbocycles. The van der Waals surface area contributed by atoms with Crippen molar-refractivity contribution >= 4 is 13.1 Å². The summed E-state index contributed by atoms with van der Waals surface area (Å²) >= 11 is 0. The van der Waals surface area contributed by atoms with E-state index in [1.54, 1.807) is 5.47 Å². The van der Waals surface area contributed by atoms with E-state index in [4.69, 9.17) is 0 Å². The summed E-state index contributed by atoms with van der Waals surface area (Å²) in [7, 11) is 0.975. The molecule has 11 heavy (non-hydrogen) atoms. The van der Waals surface area contributed by atoms with Gasteiger partial charge in [-0.05, 0) is 24.8 Å². The predicted molar refractivity (Wildman–Crippen MR) is 52.5 cm³/mol. The first-order valence-electron chi connectivity index (χ1n) is 4.58. The second-order valence-corrected chi connectivity index (χ2v) is 2.91. The fraction of sp³-hybridized carbons (Fsp3) is 0.667. The van der Waals surface area contributed by atoms with Crippen LogP contribution in [0.4, 0.5) is 0 Å². The van der Waals surface area contributed by atoms with Crippen molar-refractivity contribution in [3.05, 3.63) is 11.0 Å². The second-order valence-electron chi connectivity index (χ2n) is 2.91. The summed E-state index contributed by atoms with van der Waals surface area (Å²) in [5.41, 5.74) is 4.45. The summed E-state index contributed by atoms with van der Waals surface area (Å²) in [6.07, 6.45) is 3.44. The molecular weight excluding hydrogens is 133 g/mol. The Labute approximate surface area is 69.9 Å². The zero-order valence-corrected chi connectivity index (χ0v) is 7.78. The molecule has 0 aromatic carbocycles. The summed E-state index contributed by atoms with van der Waals surface area (Å²) < 4.78 is 0. The van der Waals surface area contributed by atoms with Crippen LogP contribution in [0.5, 0.6) is 0 Å². The lowest BCUT2D eigenvalue weighted by atomic mass is 9.80. The highest BCUT2D eigenvalue weighted by molar-refractivity contribution is 6.50. The van der Waals surface area contributed by atoms with E-state index in [0.29, 0.717) is 0 Å². The highest BCUT2D eigenvalue weighted by Gasteiger charge is 2.15. The minimum atomic E-state index is 0.975. The highest BCUT2D eigenvalue weighted by atomic mass is 14.7. The highest BCUT2D eigenvalue weighted by Crippen LogP contribution is 2.20. The fourth-order valence-corrected chi connectivity index (χ4v) is 1.69. The van der Waals surface area contributed by atoms with Crippen LogP contribution in [-0.2, 0) is 0 Å². The summed E-state index contributed by atoms with van der Waals surface area (Å²) in [6.45, 7) is 6.63. The van der Waals surface area contributed by atoms with Crippen LogP contribution in [0.1, 0.15) is 40.0 Å². The van der Waals surface area contributed by atoms with E-state index >= 15 is 0 Å². The minimum Gasteiger partial charge on any atom is -0.344 e. The quantitative estimate of drug-likeness (QED) is 0.546. The van der Waals surface area contributed by atoms with E-state index in [1.165, 1.54) is 17.7 Å². The van der Waals surface area contributed by atoms with Crippen LogP contribution >= 0.6 is 0 Å². The van der Waals surface area contributed by atoms with Gasteiger partial charge < -0.3 is 4.90 Å². The van der Waals surface area contributed by atoms with Crippen molar-refractivity contribution in [2.24, 2.45) is 4.90 Å². The maximum atomic E-state index is 4.50. The van der Waals surface area contributed by atoms with Crippen molar-refractivity contribution in [3.63, 3.8) is 0 Å². The average molecular weight is 149 g/mol. The van der Waals surface area contributed by atoms with E-state index in [-0.39, 0.29) is 0 Å². The largest absolute Gasteiger partial charge is 0.344 e. The lowest BCUT2D eigenvalue weighted by Crippen LogP contribution is -1.97. The molecule has 0 radical (unpaired) electrons. The third kappa shape index (κ3) is 1.55. The monoisotopic (exact) mass is 149 g/mol. The molecule has 1 aliphatic rings. The molecule has 0 unspecified atom stereocenters. The van der Waals surface area contributed by atoms with Gasteiger partial charge in [0, 0.05) is 5.71 Å². The van der Waals surface area contributed by atoms with Gasteiger partial charge in [-0.1, -0.05) is 26.2 Å². The van der Waals surface area contributed by atoms with Crippen molar-refractivity contribution in [1.82, 2.24) is 0 Å². The van der Waals surface area contributed by atoms with Crippen LogP contribution in [0.25, 0.3) is 0 Å². The van der Waals surface area contributed by atoms with Gasteiger partial charge in [-0.2, -0.15) is 0 Å². The standard InChI is InChI=1S/C9H16BN/c1-4-7-8(5-2)10-11-9(7)6-3/h10H,4-6H2,1-3H3. The van der Waals surface area contributed by atoms with Crippen LogP contribution in [0.3, 0.4) is 0 Å². The van der Waals surface area contributed by atoms with E-state index in [0.717, 1.165) is 20.3 Å². The fourth-order valence-electron chi connectivity index (χ4n) is 1.69. The molecule has 1 heterocycles. The number of hydrogen-bond acceptors (Lipinski definition) is 1. The summed E-state index contributed by atoms with van der Waals surface area (Å²) in [5.74, 6) is 0. The Hall–Kier alpha value is -0.525. The van der Waals surface area contributed by atoms with Crippen molar-refractivity contribution in [1.29, 1.82) is 0 Å². The van der Waals surface area contributed by atoms with Gasteiger partial charge >= 0.3 is 0 Å². The Balaban J connectivity index is 2.80. The van der Waals surface area contributed by atoms with E-state index < -0.39 is 0 Å². The molecule has 60 valence electrons. The lowest BCUT2D eigenvalue weighted by Gasteiger charge is -2.03. The molecule has 2 heteroatoms. The van der Waals surface area contributed by atoms with Crippen molar-refractivity contribution in [2.45, 2.75) is 40.0 Å². The normalized spacial score (nSPS) is 16.8. The first-order chi connectivity index (χ1) is 5.33. The van der Waals surface area contributed by atoms with Gasteiger partial charge in [-0.15, -0.1) is 0 Å². The molecular formula is C9H16BN. The number of allylic oxidation sites excluding steroid dienone is 2. The minimum absolute atomic E-state index is 0.975. The maximum absolute atomic E-state index is 4.50. The first kappa shape index (κ1) is 8.57. The molecule has 0 bridgehead atoms. The lowest BCUT2D eigenvalue weighted by molar-refractivity contribution is 1.09. The Kier molecular flexibility index (Phi) is 2.92. The maximum Gasteiger partial charge on any atom is 0.291 e. The van der Waals surface area contributed by atoms with Gasteiger partial charge in [0.05, 0.1) is 0 Å². The van der Waals surface area contributed by atoms with Crippen LogP contribution in [0.15, 0.2) is 15.9 Å². The van der Waals surface area contributed by atoms with Crippen molar-refractivity contribution < 1.29 is 0 Å². The summed E-state index contributed by atoms with van der Waals surface area (Å²) in [6, 6.07) is 0. The molecule has 1 rings (SSSR count). The molecule has 0 aromatic heterocycles. The SMILES string of the molecule is CCC1=NBC(CC)=C1CC. The number of rotatable bonds is 3. The van der Waals surface area contributed by atoms with Crippen LogP contribution in [0.2, 0.25) is 0 Å². The molecule has 0 aromatic rings. The first-order valence-corrected chi connectivity index (χ1v) is 4.58. The molecule has 0 N–H and O–H groups in total. The molecule has 0 atom stereocenters. The predicted octanol–water partition coefficient (Wildman–Crippen LogP) is 2.28. The molecule has 0 spiro atoms. The summed E-state index contributed by atoms with van der Waals surface area (Å²) in [4.78, 5) is 4.50. The van der Waals surface area contributed by atoms with E-state index in [9.17, 15) is 0 Å². The molecule has 0 fully saturated rings. The van der Waals surface area contributed by atoms with Crippen LogP contribution in [0, 0.1) is 0 Å². The zero-order chi connectivity index (χ0) is 8.27.